The van der Waals surface area contributed by atoms with Crippen molar-refractivity contribution in [1.29, 1.82) is 0 Å². The van der Waals surface area contributed by atoms with Crippen molar-refractivity contribution in [3.8, 4) is 16.9 Å². The maximum absolute atomic E-state index is 14.8. The van der Waals surface area contributed by atoms with Crippen molar-refractivity contribution in [2.45, 2.75) is 45.5 Å². The summed E-state index contributed by atoms with van der Waals surface area (Å²) in [6, 6.07) is 9.40. The van der Waals surface area contributed by atoms with Crippen LogP contribution in [0.3, 0.4) is 0 Å². The Kier molecular flexibility index (Phi) is 8.11. The van der Waals surface area contributed by atoms with Gasteiger partial charge in [-0.25, -0.2) is 13.2 Å². The smallest absolute Gasteiger partial charge is 0.201 e. The molecule has 0 spiro atoms. The number of ether oxygens (including phenoxy) is 2. The summed E-state index contributed by atoms with van der Waals surface area (Å²) < 4.78 is 68.9. The van der Waals surface area contributed by atoms with E-state index >= 15 is 0 Å². The monoisotopic (exact) mass is 500 g/mol. The van der Waals surface area contributed by atoms with E-state index in [0.29, 0.717) is 23.1 Å². The molecule has 2 aromatic rings. The van der Waals surface area contributed by atoms with E-state index in [4.69, 9.17) is 9.47 Å². The molecule has 1 N–H and O–H groups in total. The summed E-state index contributed by atoms with van der Waals surface area (Å²) in [6.07, 6.45) is 6.11. The van der Waals surface area contributed by atoms with Crippen LogP contribution in [0, 0.1) is 17.6 Å². The lowest BCUT2D eigenvalue weighted by molar-refractivity contribution is 0.0481. The predicted octanol–water partition coefficient (Wildman–Crippen LogP) is 7.28. The van der Waals surface area contributed by atoms with Crippen LogP contribution in [-0.4, -0.2) is 23.9 Å². The number of hydrogen-bond acceptors (Lipinski definition) is 3. The predicted molar refractivity (Wildman–Crippen MR) is 130 cm³/mol. The van der Waals surface area contributed by atoms with Gasteiger partial charge in [-0.15, -0.1) is 0 Å². The Morgan fingerprint density at radius 1 is 0.972 bits per heavy atom. The number of allylic oxidation sites excluding steroid dienone is 5. The molecule has 3 atom stereocenters. The topological polar surface area (TPSA) is 38.7 Å². The molecule has 0 aliphatic heterocycles. The molecule has 3 nitrogen and oxygen atoms in total. The highest BCUT2D eigenvalue weighted by Crippen LogP contribution is 2.36. The van der Waals surface area contributed by atoms with Gasteiger partial charge in [-0.2, -0.15) is 4.39 Å². The molecular formula is C29H28F4O3. The maximum Gasteiger partial charge on any atom is 0.201 e. The molecule has 0 fully saturated rings. The van der Waals surface area contributed by atoms with E-state index in [9.17, 15) is 22.7 Å². The second-order valence-electron chi connectivity index (χ2n) is 8.84. The number of aliphatic hydroxyl groups excluding tert-OH is 1. The van der Waals surface area contributed by atoms with Gasteiger partial charge in [0, 0.05) is 17.1 Å². The maximum atomic E-state index is 14.8. The lowest BCUT2D eigenvalue weighted by atomic mass is 9.87. The molecule has 190 valence electrons. The van der Waals surface area contributed by atoms with Crippen LogP contribution in [0.5, 0.6) is 5.75 Å². The van der Waals surface area contributed by atoms with Crippen LogP contribution in [0.25, 0.3) is 11.1 Å². The van der Waals surface area contributed by atoms with E-state index in [0.717, 1.165) is 0 Å². The highest BCUT2D eigenvalue weighted by molar-refractivity contribution is 5.65. The van der Waals surface area contributed by atoms with Gasteiger partial charge in [-0.3, -0.25) is 0 Å². The van der Waals surface area contributed by atoms with Crippen molar-refractivity contribution in [1.82, 2.24) is 0 Å². The first-order valence-electron chi connectivity index (χ1n) is 11.9. The van der Waals surface area contributed by atoms with E-state index in [-0.39, 0.29) is 42.4 Å². The zero-order valence-electron chi connectivity index (χ0n) is 20.1. The molecule has 0 bridgehead atoms. The molecular weight excluding hydrogens is 472 g/mol. The normalized spacial score (nSPS) is 20.8. The number of aliphatic hydroxyl groups is 1. The molecule has 7 heteroatoms. The first kappa shape index (κ1) is 25.9. The zero-order chi connectivity index (χ0) is 25.8. The number of hydrogen-bond donors (Lipinski definition) is 1. The Morgan fingerprint density at radius 2 is 1.72 bits per heavy atom. The summed E-state index contributed by atoms with van der Waals surface area (Å²) in [5.74, 6) is -4.12. The largest absolute Gasteiger partial charge is 0.491 e. The Hall–Kier alpha value is -3.16. The quantitative estimate of drug-likeness (QED) is 0.387. The average Bonchev–Trinajstić information content (AvgIpc) is 2.88. The summed E-state index contributed by atoms with van der Waals surface area (Å²) in [5, 5.41) is 9.69. The molecule has 4 rings (SSSR count). The first-order valence-corrected chi connectivity index (χ1v) is 11.9. The highest BCUT2D eigenvalue weighted by atomic mass is 19.2. The fraction of sp³-hybridized carbons (Fsp3) is 0.310. The molecule has 0 radical (unpaired) electrons. The van der Waals surface area contributed by atoms with Gasteiger partial charge in [0.2, 0.25) is 5.82 Å². The molecule has 2 aromatic carbocycles. The standard InChI is InChI=1S/C29H28F4O3/c1-3-35-24-14-12-22(26(30)28(24)32)20-6-4-18(5-7-20)16-36-25-15-13-23(27(31)29(25)33)21-10-8-19(9-11-21)17(2)34/h4-8,10-14,17,19,25,34H,3,9,15-16H2,1-2H3. The third-order valence-electron chi connectivity index (χ3n) is 6.39. The van der Waals surface area contributed by atoms with Gasteiger partial charge >= 0.3 is 0 Å². The second kappa shape index (κ2) is 11.3. The summed E-state index contributed by atoms with van der Waals surface area (Å²) >= 11 is 0. The minimum absolute atomic E-state index is 0.0214. The molecule has 2 aliphatic rings. The summed E-state index contributed by atoms with van der Waals surface area (Å²) in [7, 11) is 0. The molecule has 0 amide bonds. The third-order valence-corrected chi connectivity index (χ3v) is 6.39. The van der Waals surface area contributed by atoms with Crippen LogP contribution in [0.15, 0.2) is 83.5 Å². The third kappa shape index (κ3) is 5.47. The first-order chi connectivity index (χ1) is 17.3. The van der Waals surface area contributed by atoms with E-state index < -0.39 is 35.5 Å². The molecule has 0 saturated carbocycles. The van der Waals surface area contributed by atoms with Crippen LogP contribution in [0.1, 0.15) is 32.3 Å². The van der Waals surface area contributed by atoms with Crippen LogP contribution in [0.4, 0.5) is 17.6 Å². The van der Waals surface area contributed by atoms with Gasteiger partial charge in [0.15, 0.2) is 23.2 Å². The molecule has 0 saturated heterocycles. The Balaban J connectivity index is 1.39. The fourth-order valence-electron chi connectivity index (χ4n) is 4.27. The Labute approximate surface area is 208 Å². The molecule has 0 heterocycles. The number of rotatable bonds is 8. The van der Waals surface area contributed by atoms with E-state index in [2.05, 4.69) is 0 Å². The van der Waals surface area contributed by atoms with E-state index in [1.807, 2.05) is 6.08 Å². The summed E-state index contributed by atoms with van der Waals surface area (Å²) in [6.45, 7) is 3.63. The highest BCUT2D eigenvalue weighted by Gasteiger charge is 2.28. The SMILES string of the molecule is CCOc1ccc(-c2ccc(COC3CC=C(C4=CCC(C(C)O)C=C4)C(F)=C3F)cc2)c(F)c1F. The van der Waals surface area contributed by atoms with Crippen LogP contribution < -0.4 is 4.74 Å². The number of benzene rings is 2. The van der Waals surface area contributed by atoms with Gasteiger partial charge < -0.3 is 14.6 Å². The van der Waals surface area contributed by atoms with Gasteiger partial charge in [-0.1, -0.05) is 48.6 Å². The summed E-state index contributed by atoms with van der Waals surface area (Å²) in [5.41, 5.74) is 2.02. The van der Waals surface area contributed by atoms with Crippen LogP contribution >= 0.6 is 0 Å². The van der Waals surface area contributed by atoms with Crippen molar-refractivity contribution in [2.24, 2.45) is 5.92 Å². The zero-order valence-corrected chi connectivity index (χ0v) is 20.1. The van der Waals surface area contributed by atoms with Gasteiger partial charge in [0.05, 0.1) is 19.3 Å². The molecule has 2 aliphatic carbocycles. The van der Waals surface area contributed by atoms with Gasteiger partial charge in [-0.05, 0) is 55.5 Å². The average molecular weight is 501 g/mol. The Morgan fingerprint density at radius 3 is 2.36 bits per heavy atom. The van der Waals surface area contributed by atoms with E-state index in [1.165, 1.54) is 12.1 Å². The molecule has 0 aromatic heterocycles. The molecule has 3 unspecified atom stereocenters. The van der Waals surface area contributed by atoms with Crippen molar-refractivity contribution in [3.05, 3.63) is 101 Å². The number of halogens is 4. The van der Waals surface area contributed by atoms with Gasteiger partial charge in [0.1, 0.15) is 6.10 Å². The van der Waals surface area contributed by atoms with Crippen LogP contribution in [0.2, 0.25) is 0 Å². The lowest BCUT2D eigenvalue weighted by Gasteiger charge is -2.24. The lowest BCUT2D eigenvalue weighted by Crippen LogP contribution is -2.19. The minimum atomic E-state index is -1.05. The van der Waals surface area contributed by atoms with E-state index in [1.54, 1.807) is 56.3 Å². The van der Waals surface area contributed by atoms with Crippen molar-refractivity contribution >= 4 is 0 Å². The fourth-order valence-corrected chi connectivity index (χ4v) is 4.27. The Bertz CT molecular complexity index is 1230. The second-order valence-corrected chi connectivity index (χ2v) is 8.84. The summed E-state index contributed by atoms with van der Waals surface area (Å²) in [4.78, 5) is 0. The minimum Gasteiger partial charge on any atom is -0.491 e. The molecule has 36 heavy (non-hydrogen) atoms. The van der Waals surface area contributed by atoms with Gasteiger partial charge in [0.25, 0.3) is 0 Å². The van der Waals surface area contributed by atoms with Crippen LogP contribution in [-0.2, 0) is 11.3 Å². The van der Waals surface area contributed by atoms with Crippen molar-refractivity contribution in [2.75, 3.05) is 6.61 Å². The van der Waals surface area contributed by atoms with Crippen molar-refractivity contribution < 1.29 is 32.1 Å². The van der Waals surface area contributed by atoms with Crippen molar-refractivity contribution in [3.63, 3.8) is 0 Å².